The second-order valence-electron chi connectivity index (χ2n) is 6.19. The number of anilines is 1. The minimum absolute atomic E-state index is 0.554. The topological polar surface area (TPSA) is 37.4 Å². The monoisotopic (exact) mass is 291 g/mol. The summed E-state index contributed by atoms with van der Waals surface area (Å²) in [6.45, 7) is 10.5. The Kier molecular flexibility index (Phi) is 6.30. The van der Waals surface area contributed by atoms with E-state index in [4.69, 9.17) is 4.74 Å². The summed E-state index contributed by atoms with van der Waals surface area (Å²) in [7, 11) is 0. The minimum atomic E-state index is 0.554. The van der Waals surface area contributed by atoms with Gasteiger partial charge >= 0.3 is 0 Å². The van der Waals surface area contributed by atoms with Crippen LogP contribution >= 0.6 is 0 Å². The van der Waals surface area contributed by atoms with Crippen LogP contribution in [0.15, 0.2) is 18.3 Å². The number of nitrogens with one attached hydrogen (secondary N) is 1. The molecule has 0 aromatic carbocycles. The van der Waals surface area contributed by atoms with Gasteiger partial charge in [-0.25, -0.2) is 4.98 Å². The van der Waals surface area contributed by atoms with Crippen LogP contribution in [0.3, 0.4) is 0 Å². The fourth-order valence-corrected chi connectivity index (χ4v) is 2.77. The van der Waals surface area contributed by atoms with Gasteiger partial charge in [0.1, 0.15) is 0 Å². The summed E-state index contributed by atoms with van der Waals surface area (Å²) in [5.41, 5.74) is 0. The molecule has 0 bridgehead atoms. The van der Waals surface area contributed by atoms with Crippen LogP contribution in [0.4, 0.5) is 5.82 Å². The highest BCUT2D eigenvalue weighted by Crippen LogP contribution is 2.29. The molecule has 118 valence electrons. The van der Waals surface area contributed by atoms with Crippen LogP contribution < -0.4 is 15.0 Å². The summed E-state index contributed by atoms with van der Waals surface area (Å²) >= 11 is 0. The van der Waals surface area contributed by atoms with Gasteiger partial charge in [-0.2, -0.15) is 0 Å². The first-order chi connectivity index (χ1) is 10.2. The number of rotatable bonds is 7. The van der Waals surface area contributed by atoms with Crippen molar-refractivity contribution in [2.75, 3.05) is 31.1 Å². The van der Waals surface area contributed by atoms with Gasteiger partial charge in [-0.1, -0.05) is 20.8 Å². The molecule has 1 atom stereocenters. The van der Waals surface area contributed by atoms with Gasteiger partial charge in [0.25, 0.3) is 0 Å². The average Bonchev–Trinajstić information content (AvgIpc) is 2.51. The number of ether oxygens (including phenoxy) is 1. The molecule has 2 heterocycles. The minimum Gasteiger partial charge on any atom is -0.490 e. The predicted molar refractivity (Wildman–Crippen MR) is 88.1 cm³/mol. The Bertz CT molecular complexity index is 422. The molecule has 0 amide bonds. The van der Waals surface area contributed by atoms with Crippen molar-refractivity contribution in [3.8, 4) is 5.75 Å². The summed E-state index contributed by atoms with van der Waals surface area (Å²) in [6, 6.07) is 4.54. The highest BCUT2D eigenvalue weighted by molar-refractivity contribution is 5.52. The van der Waals surface area contributed by atoms with Crippen molar-refractivity contribution in [3.05, 3.63) is 18.3 Å². The van der Waals surface area contributed by atoms with E-state index in [1.807, 2.05) is 18.3 Å². The number of nitrogens with zero attached hydrogens (tertiary/aromatic N) is 2. The fourth-order valence-electron chi connectivity index (χ4n) is 2.77. The van der Waals surface area contributed by atoms with E-state index in [-0.39, 0.29) is 0 Å². The lowest BCUT2D eigenvalue weighted by Gasteiger charge is -2.34. The van der Waals surface area contributed by atoms with Gasteiger partial charge in [0.05, 0.1) is 6.61 Å². The molecule has 1 fully saturated rings. The van der Waals surface area contributed by atoms with Crippen molar-refractivity contribution in [2.24, 2.45) is 5.92 Å². The third-order valence-corrected chi connectivity index (χ3v) is 3.85. The van der Waals surface area contributed by atoms with Crippen LogP contribution in [0.2, 0.25) is 0 Å². The summed E-state index contributed by atoms with van der Waals surface area (Å²) in [4.78, 5) is 6.96. The van der Waals surface area contributed by atoms with Gasteiger partial charge in [-0.05, 0) is 43.9 Å². The lowest BCUT2D eigenvalue weighted by atomic mass is 9.97. The molecule has 1 aliphatic heterocycles. The van der Waals surface area contributed by atoms with Gasteiger partial charge in [0, 0.05) is 25.3 Å². The molecule has 0 aliphatic carbocycles. The van der Waals surface area contributed by atoms with E-state index in [2.05, 4.69) is 36.0 Å². The number of pyridine rings is 1. The molecule has 4 nitrogen and oxygen atoms in total. The Morgan fingerprint density at radius 3 is 3.10 bits per heavy atom. The molecule has 1 saturated heterocycles. The highest BCUT2D eigenvalue weighted by Gasteiger charge is 2.23. The maximum absolute atomic E-state index is 5.85. The van der Waals surface area contributed by atoms with Crippen LogP contribution in [-0.2, 0) is 0 Å². The van der Waals surface area contributed by atoms with Crippen LogP contribution in [0.1, 0.15) is 40.0 Å². The summed E-state index contributed by atoms with van der Waals surface area (Å²) in [6.07, 6.45) is 5.42. The SMILES string of the molecule is CCCOc1cccnc1N1CCCC(CNC(C)C)C1. The number of piperidine rings is 1. The predicted octanol–water partition coefficient (Wildman–Crippen LogP) is 3.08. The molecule has 1 aliphatic rings. The van der Waals surface area contributed by atoms with Crippen LogP contribution in [-0.4, -0.2) is 37.3 Å². The Balaban J connectivity index is 2.00. The van der Waals surface area contributed by atoms with Crippen molar-refractivity contribution in [2.45, 2.75) is 46.1 Å². The Labute approximate surface area is 128 Å². The van der Waals surface area contributed by atoms with Crippen molar-refractivity contribution < 1.29 is 4.74 Å². The fraction of sp³-hybridized carbons (Fsp3) is 0.706. The second-order valence-corrected chi connectivity index (χ2v) is 6.19. The highest BCUT2D eigenvalue weighted by atomic mass is 16.5. The molecule has 0 saturated carbocycles. The largest absolute Gasteiger partial charge is 0.490 e. The van der Waals surface area contributed by atoms with Crippen LogP contribution in [0.5, 0.6) is 5.75 Å². The Morgan fingerprint density at radius 1 is 1.48 bits per heavy atom. The van der Waals surface area contributed by atoms with E-state index in [1.165, 1.54) is 12.8 Å². The van der Waals surface area contributed by atoms with E-state index in [1.54, 1.807) is 0 Å². The molecule has 4 heteroatoms. The van der Waals surface area contributed by atoms with Gasteiger partial charge < -0.3 is 15.0 Å². The molecule has 0 spiro atoms. The summed E-state index contributed by atoms with van der Waals surface area (Å²) in [5, 5.41) is 3.56. The molecule has 1 N–H and O–H groups in total. The number of hydrogen-bond acceptors (Lipinski definition) is 4. The average molecular weight is 291 g/mol. The molecule has 1 aromatic heterocycles. The number of aromatic nitrogens is 1. The van der Waals surface area contributed by atoms with Gasteiger partial charge in [0.15, 0.2) is 11.6 Å². The first-order valence-corrected chi connectivity index (χ1v) is 8.26. The Hall–Kier alpha value is -1.29. The lowest BCUT2D eigenvalue weighted by molar-refractivity contribution is 0.313. The maximum atomic E-state index is 5.85. The van der Waals surface area contributed by atoms with Crippen molar-refractivity contribution in [1.82, 2.24) is 10.3 Å². The molecule has 1 aromatic rings. The van der Waals surface area contributed by atoms with E-state index in [0.717, 1.165) is 44.2 Å². The molecule has 0 radical (unpaired) electrons. The Morgan fingerprint density at radius 2 is 2.33 bits per heavy atom. The standard InChI is InChI=1S/C17H29N3O/c1-4-11-21-16-8-5-9-18-17(16)20-10-6-7-15(13-20)12-19-14(2)3/h5,8-9,14-15,19H,4,6-7,10-13H2,1-3H3. The normalized spacial score (nSPS) is 19.0. The van der Waals surface area contributed by atoms with E-state index >= 15 is 0 Å². The first kappa shape index (κ1) is 16.1. The van der Waals surface area contributed by atoms with Crippen LogP contribution in [0.25, 0.3) is 0 Å². The molecule has 2 rings (SSSR count). The third kappa shape index (κ3) is 4.88. The smallest absolute Gasteiger partial charge is 0.171 e. The van der Waals surface area contributed by atoms with Gasteiger partial charge in [-0.15, -0.1) is 0 Å². The first-order valence-electron chi connectivity index (χ1n) is 8.26. The summed E-state index contributed by atoms with van der Waals surface area (Å²) in [5.74, 6) is 2.64. The zero-order valence-electron chi connectivity index (χ0n) is 13.6. The second kappa shape index (κ2) is 8.23. The van der Waals surface area contributed by atoms with Crippen LogP contribution in [0, 0.1) is 5.92 Å². The molecule has 21 heavy (non-hydrogen) atoms. The quantitative estimate of drug-likeness (QED) is 0.837. The van der Waals surface area contributed by atoms with Crippen molar-refractivity contribution >= 4 is 5.82 Å². The third-order valence-electron chi connectivity index (χ3n) is 3.85. The van der Waals surface area contributed by atoms with E-state index in [0.29, 0.717) is 12.0 Å². The zero-order chi connectivity index (χ0) is 15.1. The maximum Gasteiger partial charge on any atom is 0.171 e. The van der Waals surface area contributed by atoms with Gasteiger partial charge in [0.2, 0.25) is 0 Å². The van der Waals surface area contributed by atoms with E-state index < -0.39 is 0 Å². The van der Waals surface area contributed by atoms with Gasteiger partial charge in [-0.3, -0.25) is 0 Å². The summed E-state index contributed by atoms with van der Waals surface area (Å²) < 4.78 is 5.85. The molecular formula is C17H29N3O. The molecule has 1 unspecified atom stereocenters. The lowest BCUT2D eigenvalue weighted by Crippen LogP contribution is -2.41. The zero-order valence-corrected chi connectivity index (χ0v) is 13.6. The van der Waals surface area contributed by atoms with Crippen molar-refractivity contribution in [3.63, 3.8) is 0 Å². The van der Waals surface area contributed by atoms with E-state index in [9.17, 15) is 0 Å². The molecular weight excluding hydrogens is 262 g/mol. The van der Waals surface area contributed by atoms with Crippen molar-refractivity contribution in [1.29, 1.82) is 0 Å². The number of hydrogen-bond donors (Lipinski definition) is 1.